The van der Waals surface area contributed by atoms with Gasteiger partial charge in [0.25, 0.3) is 29.3 Å². The fourth-order valence-electron chi connectivity index (χ4n) is 6.66. The van der Waals surface area contributed by atoms with E-state index >= 15 is 0 Å². The molecule has 0 spiro atoms. The number of aromatic amines is 2. The molecule has 0 atom stereocenters. The first kappa shape index (κ1) is 38.6. The van der Waals surface area contributed by atoms with Gasteiger partial charge in [0.15, 0.2) is 10.0 Å². The Morgan fingerprint density at radius 2 is 1.14 bits per heavy atom. The number of nitrogens with one attached hydrogen (secondary N) is 4. The molecule has 18 heteroatoms. The number of rotatable bonds is 9. The minimum atomic E-state index is -0.690. The minimum Gasteiger partial charge on any atom is -0.397 e. The number of primary amides is 2. The average Bonchev–Trinajstić information content (AvgIpc) is 4.04. The Labute approximate surface area is 336 Å². The van der Waals surface area contributed by atoms with E-state index in [4.69, 9.17) is 17.2 Å². The molecule has 0 fully saturated rings. The number of H-pyrrole nitrogens is 2. The fourth-order valence-corrected chi connectivity index (χ4v) is 7.72. The standard InChI is InChI=1S/C20H15N5O4S.C20H17N5O2S/c1-10-11(3-2-4-14(10)24-19(27)20-22-7-8-30-20)12-5-6-13(18(21)26)17-16(12)15(9-23-17)25(28)29;1-10-11(3-2-4-15(10)25-19(27)20-23-7-8-28-20)12-5-6-13(18(22)26)17-16(12)14(21)9-24-17/h2-9,23H,1H3,(H2,21,26)(H,24,27);2-9,24H,21H2,1H3,(H2,22,26)(H,25,27). The van der Waals surface area contributed by atoms with Crippen LogP contribution in [0.1, 0.15) is 51.4 Å². The lowest BCUT2D eigenvalue weighted by Crippen LogP contribution is -2.13. The van der Waals surface area contributed by atoms with Crippen LogP contribution in [0.3, 0.4) is 0 Å². The lowest BCUT2D eigenvalue weighted by molar-refractivity contribution is -0.383. The predicted molar refractivity (Wildman–Crippen MR) is 225 cm³/mol. The Kier molecular flexibility index (Phi) is 10.5. The highest BCUT2D eigenvalue weighted by molar-refractivity contribution is 7.12. The van der Waals surface area contributed by atoms with Crippen molar-refractivity contribution in [1.82, 2.24) is 19.9 Å². The highest BCUT2D eigenvalue weighted by Crippen LogP contribution is 2.40. The first-order valence-electron chi connectivity index (χ1n) is 17.2. The van der Waals surface area contributed by atoms with Crippen molar-refractivity contribution in [3.05, 3.63) is 139 Å². The Morgan fingerprint density at radius 1 is 0.672 bits per heavy atom. The maximum atomic E-state index is 12.4. The number of aromatic nitrogens is 4. The van der Waals surface area contributed by atoms with Crippen LogP contribution in [-0.4, -0.2) is 48.5 Å². The predicted octanol–water partition coefficient (Wildman–Crippen LogP) is 7.39. The summed E-state index contributed by atoms with van der Waals surface area (Å²) in [5, 5.41) is 22.5. The van der Waals surface area contributed by atoms with Crippen LogP contribution in [0.2, 0.25) is 0 Å². The second-order valence-electron chi connectivity index (χ2n) is 12.8. The summed E-state index contributed by atoms with van der Waals surface area (Å²) in [7, 11) is 0. The normalized spacial score (nSPS) is 10.9. The zero-order valence-corrected chi connectivity index (χ0v) is 32.2. The van der Waals surface area contributed by atoms with E-state index < -0.39 is 16.7 Å². The van der Waals surface area contributed by atoms with Crippen molar-refractivity contribution in [3.8, 4) is 22.3 Å². The van der Waals surface area contributed by atoms with Crippen LogP contribution in [0.25, 0.3) is 44.1 Å². The Balaban J connectivity index is 0.000000177. The van der Waals surface area contributed by atoms with Gasteiger partial charge in [0.1, 0.15) is 0 Å². The van der Waals surface area contributed by atoms with E-state index in [0.717, 1.165) is 22.1 Å². The van der Waals surface area contributed by atoms with E-state index in [0.29, 0.717) is 60.4 Å². The summed E-state index contributed by atoms with van der Waals surface area (Å²) < 4.78 is 0. The lowest BCUT2D eigenvalue weighted by Gasteiger charge is -2.14. The molecule has 8 aromatic rings. The number of thiazole rings is 2. The third kappa shape index (κ3) is 7.22. The second kappa shape index (κ2) is 15.8. The maximum absolute atomic E-state index is 12.4. The van der Waals surface area contributed by atoms with Crippen LogP contribution in [0.5, 0.6) is 0 Å². The van der Waals surface area contributed by atoms with Gasteiger partial charge in [0.05, 0.1) is 44.4 Å². The molecule has 16 nitrogen and oxygen atoms in total. The van der Waals surface area contributed by atoms with E-state index in [9.17, 15) is 29.3 Å². The van der Waals surface area contributed by atoms with Gasteiger partial charge in [-0.15, -0.1) is 22.7 Å². The number of nitrogens with zero attached hydrogens (tertiary/aromatic N) is 3. The molecule has 0 aliphatic carbocycles. The SMILES string of the molecule is Cc1c(NC(=O)c2nccs2)cccc1-c1ccc(C(N)=O)c2[nH]cc(N)c12.Cc1c(NC(=O)c2nccs2)cccc1-c1ccc(C(N)=O)c2[nH]cc([N+](=O)[O-])c12. The number of carbonyl (C=O) groups excluding carboxylic acids is 4. The smallest absolute Gasteiger partial charge is 0.295 e. The number of amides is 4. The average molecular weight is 813 g/mol. The molecule has 0 radical (unpaired) electrons. The van der Waals surface area contributed by atoms with Crippen LogP contribution in [0.15, 0.2) is 96.2 Å². The molecule has 290 valence electrons. The zero-order chi connectivity index (χ0) is 41.2. The lowest BCUT2D eigenvalue weighted by atomic mass is 9.94. The molecule has 0 unspecified atom stereocenters. The van der Waals surface area contributed by atoms with Gasteiger partial charge >= 0.3 is 0 Å². The maximum Gasteiger partial charge on any atom is 0.295 e. The van der Waals surface area contributed by atoms with Crippen LogP contribution in [0, 0.1) is 24.0 Å². The fraction of sp³-hybridized carbons (Fsp3) is 0.0500. The summed E-state index contributed by atoms with van der Waals surface area (Å²) in [5.41, 5.74) is 24.6. The molecular formula is C40H32N10O6S2. The molecule has 0 saturated carbocycles. The van der Waals surface area contributed by atoms with Crippen molar-refractivity contribution < 1.29 is 24.1 Å². The molecule has 4 aromatic heterocycles. The summed E-state index contributed by atoms with van der Waals surface area (Å²) in [4.78, 5) is 73.2. The van der Waals surface area contributed by atoms with Gasteiger partial charge in [-0.05, 0) is 71.5 Å². The summed E-state index contributed by atoms with van der Waals surface area (Å²) in [6, 6.07) is 17.6. The molecule has 4 amide bonds. The number of nitrogen functional groups attached to an aromatic ring is 1. The highest BCUT2D eigenvalue weighted by atomic mass is 32.1. The third-order valence-electron chi connectivity index (χ3n) is 9.41. The van der Waals surface area contributed by atoms with Gasteiger partial charge in [-0.1, -0.05) is 36.4 Å². The first-order valence-corrected chi connectivity index (χ1v) is 19.0. The van der Waals surface area contributed by atoms with Gasteiger partial charge in [0, 0.05) is 46.1 Å². The Hall–Kier alpha value is -7.70. The van der Waals surface area contributed by atoms with E-state index in [2.05, 4.69) is 30.6 Å². The van der Waals surface area contributed by atoms with Crippen molar-refractivity contribution in [3.63, 3.8) is 0 Å². The van der Waals surface area contributed by atoms with Gasteiger partial charge < -0.3 is 37.8 Å². The Bertz CT molecular complexity index is 2920. The van der Waals surface area contributed by atoms with Crippen LogP contribution < -0.4 is 27.8 Å². The molecule has 58 heavy (non-hydrogen) atoms. The number of fused-ring (bicyclic) bond motifs is 2. The molecule has 0 bridgehead atoms. The summed E-state index contributed by atoms with van der Waals surface area (Å²) in [6.07, 6.45) is 6.02. The molecule has 0 aliphatic heterocycles. The van der Waals surface area contributed by atoms with Gasteiger partial charge in [-0.25, -0.2) is 9.97 Å². The third-order valence-corrected chi connectivity index (χ3v) is 10.9. The molecule has 8 rings (SSSR count). The zero-order valence-electron chi connectivity index (χ0n) is 30.6. The van der Waals surface area contributed by atoms with Crippen LogP contribution in [0.4, 0.5) is 22.7 Å². The van der Waals surface area contributed by atoms with E-state index in [1.807, 2.05) is 31.2 Å². The van der Waals surface area contributed by atoms with Crippen molar-refractivity contribution in [2.45, 2.75) is 13.8 Å². The molecular weight excluding hydrogens is 781 g/mol. The van der Waals surface area contributed by atoms with Gasteiger partial charge in [-0.3, -0.25) is 29.3 Å². The number of nitrogens with two attached hydrogens (primary N) is 3. The van der Waals surface area contributed by atoms with E-state index in [1.54, 1.807) is 66.6 Å². The topological polar surface area (TPSA) is 271 Å². The largest absolute Gasteiger partial charge is 0.397 e. The highest BCUT2D eigenvalue weighted by Gasteiger charge is 2.24. The van der Waals surface area contributed by atoms with Crippen molar-refractivity contribution in [2.24, 2.45) is 11.5 Å². The monoisotopic (exact) mass is 812 g/mol. The van der Waals surface area contributed by atoms with Crippen molar-refractivity contribution in [1.29, 1.82) is 0 Å². The number of nitro groups is 1. The van der Waals surface area contributed by atoms with Gasteiger partial charge in [-0.2, -0.15) is 0 Å². The van der Waals surface area contributed by atoms with E-state index in [-0.39, 0.29) is 28.5 Å². The van der Waals surface area contributed by atoms with Crippen molar-refractivity contribution in [2.75, 3.05) is 16.4 Å². The minimum absolute atomic E-state index is 0.160. The number of hydrogen-bond acceptors (Lipinski definition) is 11. The number of benzene rings is 4. The van der Waals surface area contributed by atoms with Crippen LogP contribution >= 0.6 is 22.7 Å². The first-order chi connectivity index (χ1) is 27.8. The van der Waals surface area contributed by atoms with Crippen molar-refractivity contribution >= 4 is 90.9 Å². The molecule has 0 aliphatic rings. The summed E-state index contributed by atoms with van der Waals surface area (Å²) in [5.74, 6) is -1.82. The Morgan fingerprint density at radius 3 is 1.59 bits per heavy atom. The second-order valence-corrected chi connectivity index (χ2v) is 14.6. The quantitative estimate of drug-likeness (QED) is 0.0564. The molecule has 4 aromatic carbocycles. The summed E-state index contributed by atoms with van der Waals surface area (Å²) >= 11 is 2.50. The number of hydrogen-bond donors (Lipinski definition) is 7. The molecule has 10 N–H and O–H groups in total. The van der Waals surface area contributed by atoms with Gasteiger partial charge in [0.2, 0.25) is 0 Å². The summed E-state index contributed by atoms with van der Waals surface area (Å²) in [6.45, 7) is 3.72. The number of anilines is 3. The molecule has 4 heterocycles. The van der Waals surface area contributed by atoms with Crippen LogP contribution in [-0.2, 0) is 0 Å². The van der Waals surface area contributed by atoms with E-state index in [1.165, 1.54) is 34.9 Å². The number of carbonyl (C=O) groups is 4. The molecule has 0 saturated heterocycles.